The van der Waals surface area contributed by atoms with E-state index < -0.39 is 0 Å². The minimum absolute atomic E-state index is 0.0298. The Morgan fingerprint density at radius 2 is 1.90 bits per heavy atom. The summed E-state index contributed by atoms with van der Waals surface area (Å²) < 4.78 is 5.32. The van der Waals surface area contributed by atoms with Gasteiger partial charge in [0.25, 0.3) is 0 Å². The van der Waals surface area contributed by atoms with Crippen LogP contribution in [0.1, 0.15) is 36.8 Å². The maximum absolute atomic E-state index is 12.6. The molecule has 0 unspecified atom stereocenters. The fourth-order valence-electron chi connectivity index (χ4n) is 3.79. The highest BCUT2D eigenvalue weighted by molar-refractivity contribution is 5.89. The summed E-state index contributed by atoms with van der Waals surface area (Å²) in [7, 11) is 1.63. The van der Waals surface area contributed by atoms with Crippen molar-refractivity contribution < 1.29 is 14.3 Å². The Morgan fingerprint density at radius 1 is 1.13 bits per heavy atom. The number of nitrogens with zero attached hydrogens (tertiary/aromatic N) is 1. The first-order chi connectivity index (χ1) is 14.5. The van der Waals surface area contributed by atoms with Crippen LogP contribution in [0.15, 0.2) is 48.5 Å². The first kappa shape index (κ1) is 21.7. The monoisotopic (exact) mass is 409 g/mol. The van der Waals surface area contributed by atoms with Gasteiger partial charge in [-0.3, -0.25) is 4.79 Å². The summed E-state index contributed by atoms with van der Waals surface area (Å²) in [6.45, 7) is 3.93. The summed E-state index contributed by atoms with van der Waals surface area (Å²) in [4.78, 5) is 26.7. The maximum atomic E-state index is 12.6. The van der Waals surface area contributed by atoms with Gasteiger partial charge in [-0.05, 0) is 50.3 Å². The Kier molecular flexibility index (Phi) is 7.71. The van der Waals surface area contributed by atoms with Crippen LogP contribution in [-0.2, 0) is 11.3 Å². The van der Waals surface area contributed by atoms with Gasteiger partial charge in [0.2, 0.25) is 5.91 Å². The van der Waals surface area contributed by atoms with Crippen molar-refractivity contribution in [3.05, 3.63) is 59.7 Å². The van der Waals surface area contributed by atoms with Gasteiger partial charge in [-0.2, -0.15) is 0 Å². The van der Waals surface area contributed by atoms with Gasteiger partial charge in [0.1, 0.15) is 5.75 Å². The van der Waals surface area contributed by atoms with Gasteiger partial charge in [-0.1, -0.05) is 35.9 Å². The van der Waals surface area contributed by atoms with Crippen molar-refractivity contribution in [3.63, 3.8) is 0 Å². The average molecular weight is 410 g/mol. The molecule has 0 aliphatic carbocycles. The molecule has 6 heteroatoms. The van der Waals surface area contributed by atoms with E-state index in [-0.39, 0.29) is 11.9 Å². The summed E-state index contributed by atoms with van der Waals surface area (Å²) in [6.07, 6.45) is 3.27. The van der Waals surface area contributed by atoms with E-state index in [1.807, 2.05) is 60.4 Å². The van der Waals surface area contributed by atoms with Gasteiger partial charge in [0, 0.05) is 37.3 Å². The molecule has 30 heavy (non-hydrogen) atoms. The molecule has 0 bridgehead atoms. The highest BCUT2D eigenvalue weighted by atomic mass is 16.5. The molecule has 1 aliphatic rings. The zero-order chi connectivity index (χ0) is 21.3. The third kappa shape index (κ3) is 6.24. The van der Waals surface area contributed by atoms with Gasteiger partial charge in [-0.25, -0.2) is 4.79 Å². The summed E-state index contributed by atoms with van der Waals surface area (Å²) in [5.74, 6) is 1.15. The Balaban J connectivity index is 1.42. The predicted octanol–water partition coefficient (Wildman–Crippen LogP) is 4.34. The van der Waals surface area contributed by atoms with Crippen molar-refractivity contribution in [2.75, 3.05) is 25.5 Å². The molecule has 0 saturated carbocycles. The van der Waals surface area contributed by atoms with Gasteiger partial charge >= 0.3 is 6.03 Å². The van der Waals surface area contributed by atoms with E-state index in [2.05, 4.69) is 10.6 Å². The minimum Gasteiger partial charge on any atom is -0.496 e. The number of likely N-dealkylation sites (tertiary alicyclic amines) is 1. The van der Waals surface area contributed by atoms with Crippen molar-refractivity contribution in [1.82, 2.24) is 10.2 Å². The van der Waals surface area contributed by atoms with Gasteiger partial charge in [-0.15, -0.1) is 0 Å². The SMILES string of the molecule is COc1ccccc1CNC(=O)CC[C@@H]1CCCN(C(=O)Nc2ccc(C)cc2)C1. The Hall–Kier alpha value is -3.02. The second kappa shape index (κ2) is 10.7. The summed E-state index contributed by atoms with van der Waals surface area (Å²) in [5, 5.41) is 5.94. The smallest absolute Gasteiger partial charge is 0.321 e. The van der Waals surface area contributed by atoms with Crippen LogP contribution in [0.5, 0.6) is 5.75 Å². The third-order valence-electron chi connectivity index (χ3n) is 5.56. The van der Waals surface area contributed by atoms with Gasteiger partial charge < -0.3 is 20.3 Å². The van der Waals surface area contributed by atoms with E-state index in [0.717, 1.165) is 48.4 Å². The lowest BCUT2D eigenvalue weighted by molar-refractivity contribution is -0.121. The van der Waals surface area contributed by atoms with E-state index in [4.69, 9.17) is 4.74 Å². The van der Waals surface area contributed by atoms with E-state index in [1.165, 1.54) is 0 Å². The Labute approximate surface area is 178 Å². The van der Waals surface area contributed by atoms with Crippen LogP contribution in [0.25, 0.3) is 0 Å². The number of methoxy groups -OCH3 is 1. The quantitative estimate of drug-likeness (QED) is 0.714. The van der Waals surface area contributed by atoms with Crippen molar-refractivity contribution in [2.24, 2.45) is 5.92 Å². The van der Waals surface area contributed by atoms with E-state index >= 15 is 0 Å². The molecule has 6 nitrogen and oxygen atoms in total. The first-order valence-electron chi connectivity index (χ1n) is 10.6. The average Bonchev–Trinajstić information content (AvgIpc) is 2.78. The molecular formula is C24H31N3O3. The second-order valence-corrected chi connectivity index (χ2v) is 7.88. The normalized spacial score (nSPS) is 16.1. The van der Waals surface area contributed by atoms with Crippen LogP contribution < -0.4 is 15.4 Å². The molecule has 1 atom stereocenters. The van der Waals surface area contributed by atoms with Crippen molar-refractivity contribution in [3.8, 4) is 5.75 Å². The molecule has 0 radical (unpaired) electrons. The number of carbonyl (C=O) groups excluding carboxylic acids is 2. The number of benzene rings is 2. The number of urea groups is 1. The molecule has 1 heterocycles. The summed E-state index contributed by atoms with van der Waals surface area (Å²) in [5.41, 5.74) is 2.93. The molecule has 1 aliphatic heterocycles. The molecule has 2 aromatic rings. The van der Waals surface area contributed by atoms with Gasteiger partial charge in [0.05, 0.1) is 7.11 Å². The topological polar surface area (TPSA) is 70.7 Å². The fraction of sp³-hybridized carbons (Fsp3) is 0.417. The first-order valence-corrected chi connectivity index (χ1v) is 10.6. The van der Waals surface area contributed by atoms with Gasteiger partial charge in [0.15, 0.2) is 0 Å². The molecule has 2 aromatic carbocycles. The molecule has 3 amide bonds. The lowest BCUT2D eigenvalue weighted by Crippen LogP contribution is -2.42. The molecule has 2 N–H and O–H groups in total. The number of aryl methyl sites for hydroxylation is 1. The lowest BCUT2D eigenvalue weighted by Gasteiger charge is -2.32. The number of anilines is 1. The maximum Gasteiger partial charge on any atom is 0.321 e. The fourth-order valence-corrected chi connectivity index (χ4v) is 3.79. The molecule has 0 spiro atoms. The lowest BCUT2D eigenvalue weighted by atomic mass is 9.93. The third-order valence-corrected chi connectivity index (χ3v) is 5.56. The molecule has 1 saturated heterocycles. The number of hydrogen-bond donors (Lipinski definition) is 2. The molecule has 3 rings (SSSR count). The number of ether oxygens (including phenoxy) is 1. The van der Waals surface area contributed by atoms with Crippen molar-refractivity contribution in [2.45, 2.75) is 39.2 Å². The summed E-state index contributed by atoms with van der Waals surface area (Å²) >= 11 is 0. The highest BCUT2D eigenvalue weighted by Crippen LogP contribution is 2.22. The number of hydrogen-bond acceptors (Lipinski definition) is 3. The molecule has 1 fully saturated rings. The Bertz CT molecular complexity index is 851. The molecular weight excluding hydrogens is 378 g/mol. The van der Waals surface area contributed by atoms with Crippen LogP contribution in [0.4, 0.5) is 10.5 Å². The zero-order valence-corrected chi connectivity index (χ0v) is 17.8. The number of amides is 3. The van der Waals surface area contributed by atoms with Crippen LogP contribution in [0, 0.1) is 12.8 Å². The van der Waals surface area contributed by atoms with Crippen molar-refractivity contribution in [1.29, 1.82) is 0 Å². The van der Waals surface area contributed by atoms with Crippen LogP contribution in [-0.4, -0.2) is 37.0 Å². The largest absolute Gasteiger partial charge is 0.496 e. The van der Waals surface area contributed by atoms with E-state index in [1.54, 1.807) is 7.11 Å². The molecule has 0 aromatic heterocycles. The standard InChI is InChI=1S/C24H31N3O3/c1-18-9-12-21(13-10-18)26-24(29)27-15-5-6-19(17-27)11-14-23(28)25-16-20-7-3-4-8-22(20)30-2/h3-4,7-10,12-13,19H,5-6,11,14-17H2,1-2H3,(H,25,28)(H,26,29)/t19-/m0/s1. The number of nitrogens with one attached hydrogen (secondary N) is 2. The number of piperidine rings is 1. The minimum atomic E-state index is -0.0656. The van der Waals surface area contributed by atoms with E-state index in [9.17, 15) is 9.59 Å². The molecule has 160 valence electrons. The van der Waals surface area contributed by atoms with Crippen LogP contribution in [0.2, 0.25) is 0 Å². The van der Waals surface area contributed by atoms with E-state index in [0.29, 0.717) is 25.4 Å². The van der Waals surface area contributed by atoms with Crippen LogP contribution in [0.3, 0.4) is 0 Å². The second-order valence-electron chi connectivity index (χ2n) is 7.88. The summed E-state index contributed by atoms with van der Waals surface area (Å²) in [6, 6.07) is 15.4. The zero-order valence-electron chi connectivity index (χ0n) is 17.8. The number of rotatable bonds is 7. The predicted molar refractivity (Wildman–Crippen MR) is 119 cm³/mol. The Morgan fingerprint density at radius 3 is 2.67 bits per heavy atom. The van der Waals surface area contributed by atoms with Crippen LogP contribution >= 0.6 is 0 Å². The number of para-hydroxylation sites is 1. The number of carbonyl (C=O) groups is 2. The van der Waals surface area contributed by atoms with Crippen molar-refractivity contribution >= 4 is 17.6 Å². The highest BCUT2D eigenvalue weighted by Gasteiger charge is 2.24.